The summed E-state index contributed by atoms with van der Waals surface area (Å²) in [4.78, 5) is 24.3. The molecule has 0 spiro atoms. The lowest BCUT2D eigenvalue weighted by atomic mass is 10.1. The number of rotatable bonds is 16. The van der Waals surface area contributed by atoms with Crippen LogP contribution in [0.5, 0.6) is 0 Å². The van der Waals surface area contributed by atoms with Gasteiger partial charge in [-0.15, -0.1) is 4.33 Å². The molecule has 0 aromatic rings. The second kappa shape index (κ2) is 16.6. The first-order valence-electron chi connectivity index (χ1n) is 9.05. The fraction of sp³-hybridized carbons (Fsp3) is 0.882. The van der Waals surface area contributed by atoms with Gasteiger partial charge in [-0.05, 0) is 12.8 Å². The Bertz CT molecular complexity index is 352. The molecule has 0 saturated carbocycles. The molecular weight excluding hydrogens is 348 g/mol. The minimum absolute atomic E-state index is 0.286. The lowest BCUT2D eigenvalue weighted by Gasteiger charge is -2.19. The molecule has 2 unspecified atom stereocenters. The summed E-state index contributed by atoms with van der Waals surface area (Å²) in [6.45, 7) is 6.37. The van der Waals surface area contributed by atoms with Gasteiger partial charge in [0.15, 0.2) is 0 Å². The fourth-order valence-corrected chi connectivity index (χ4v) is 2.67. The second-order valence-corrected chi connectivity index (χ2v) is 6.74. The van der Waals surface area contributed by atoms with Crippen LogP contribution in [0.25, 0.3) is 0 Å². The number of carbonyl (C=O) groups is 2. The molecular formula is C17H32O7S. The van der Waals surface area contributed by atoms with E-state index in [2.05, 4.69) is 23.2 Å². The number of ether oxygens (including phenoxy) is 2. The molecule has 0 bridgehead atoms. The van der Waals surface area contributed by atoms with E-state index < -0.39 is 23.1 Å². The van der Waals surface area contributed by atoms with Crippen LogP contribution in [-0.4, -0.2) is 35.7 Å². The maximum absolute atomic E-state index is 12.2. The van der Waals surface area contributed by atoms with Crippen LogP contribution in [0.1, 0.15) is 72.1 Å². The summed E-state index contributed by atoms with van der Waals surface area (Å²) in [5.74, 6) is -1.87. The lowest BCUT2D eigenvalue weighted by molar-refractivity contribution is -0.432. The smallest absolute Gasteiger partial charge is 0.322 e. The maximum atomic E-state index is 12.2. The Kier molecular flexibility index (Phi) is 16.1. The molecule has 0 saturated heterocycles. The zero-order chi connectivity index (χ0) is 18.9. The van der Waals surface area contributed by atoms with Gasteiger partial charge >= 0.3 is 11.9 Å². The Morgan fingerprint density at radius 3 is 1.88 bits per heavy atom. The molecule has 0 radical (unpaired) electrons. The molecule has 8 heteroatoms. The quantitative estimate of drug-likeness (QED) is 0.139. The number of hydrogen-bond acceptors (Lipinski definition) is 8. The summed E-state index contributed by atoms with van der Waals surface area (Å²) in [5, 5.41) is 10.9. The number of hydrogen-bond donors (Lipinski definition) is 1. The Morgan fingerprint density at radius 2 is 1.40 bits per heavy atom. The van der Waals surface area contributed by atoms with Crippen molar-refractivity contribution in [3.05, 3.63) is 0 Å². The van der Waals surface area contributed by atoms with Crippen molar-refractivity contribution < 1.29 is 33.7 Å². The molecule has 0 rings (SSSR count). The molecule has 0 amide bonds. The van der Waals surface area contributed by atoms with E-state index in [9.17, 15) is 9.59 Å². The second-order valence-electron chi connectivity index (χ2n) is 5.90. The third kappa shape index (κ3) is 12.2. The molecule has 0 heterocycles. The van der Waals surface area contributed by atoms with Crippen molar-refractivity contribution in [3.8, 4) is 0 Å². The van der Waals surface area contributed by atoms with Crippen molar-refractivity contribution in [1.82, 2.24) is 0 Å². The number of unbranched alkanes of at least 4 members (excludes halogenated alkanes) is 6. The van der Waals surface area contributed by atoms with Crippen molar-refractivity contribution in [1.29, 1.82) is 0 Å². The van der Waals surface area contributed by atoms with E-state index >= 15 is 0 Å². The summed E-state index contributed by atoms with van der Waals surface area (Å²) < 4.78 is 14.7. The van der Waals surface area contributed by atoms with Gasteiger partial charge in [-0.1, -0.05) is 64.3 Å². The number of esters is 2. The highest BCUT2D eigenvalue weighted by molar-refractivity contribution is 7.96. The lowest BCUT2D eigenvalue weighted by Crippen LogP contribution is -2.33. The predicted octanol–water partition coefficient (Wildman–Crippen LogP) is 4.31. The zero-order valence-electron chi connectivity index (χ0n) is 15.5. The first-order chi connectivity index (χ1) is 12.1. The van der Waals surface area contributed by atoms with Gasteiger partial charge in [-0.3, -0.25) is 9.59 Å². The Morgan fingerprint density at radius 1 is 0.880 bits per heavy atom. The van der Waals surface area contributed by atoms with Crippen molar-refractivity contribution in [2.75, 3.05) is 13.2 Å². The highest BCUT2D eigenvalue weighted by Gasteiger charge is 2.34. The SMILES string of the molecule is CCCCCCOC(=O)C(C)C(SOOO)C(=O)OCCCCCC. The monoisotopic (exact) mass is 380 g/mol. The minimum Gasteiger partial charge on any atom is -0.465 e. The highest BCUT2D eigenvalue weighted by Crippen LogP contribution is 2.24. The van der Waals surface area contributed by atoms with E-state index in [0.717, 1.165) is 51.4 Å². The summed E-state index contributed by atoms with van der Waals surface area (Å²) in [7, 11) is 0. The first kappa shape index (κ1) is 24.2. The summed E-state index contributed by atoms with van der Waals surface area (Å²) in [6, 6.07) is 0. The molecule has 2 atom stereocenters. The Balaban J connectivity index is 4.35. The number of carbonyl (C=O) groups excluding carboxylic acids is 2. The molecule has 0 fully saturated rings. The highest BCUT2D eigenvalue weighted by atomic mass is 32.2. The van der Waals surface area contributed by atoms with Crippen LogP contribution in [0.15, 0.2) is 0 Å². The molecule has 0 aliphatic carbocycles. The van der Waals surface area contributed by atoms with Crippen LogP contribution in [-0.2, 0) is 28.4 Å². The first-order valence-corrected chi connectivity index (χ1v) is 9.85. The topological polar surface area (TPSA) is 91.3 Å². The van der Waals surface area contributed by atoms with Crippen LogP contribution < -0.4 is 0 Å². The third-order valence-electron chi connectivity index (χ3n) is 3.72. The Hall–Kier alpha value is -0.830. The zero-order valence-corrected chi connectivity index (χ0v) is 16.3. The molecule has 25 heavy (non-hydrogen) atoms. The summed E-state index contributed by atoms with van der Waals surface area (Å²) in [5.41, 5.74) is 0. The van der Waals surface area contributed by atoms with Gasteiger partial charge in [0.05, 0.1) is 31.2 Å². The molecule has 0 aliphatic rings. The minimum atomic E-state index is -0.971. The molecule has 7 nitrogen and oxygen atoms in total. The van der Waals surface area contributed by atoms with Gasteiger partial charge in [0.25, 0.3) is 0 Å². The molecule has 148 valence electrons. The van der Waals surface area contributed by atoms with Gasteiger partial charge in [-0.2, -0.15) is 0 Å². The van der Waals surface area contributed by atoms with E-state index in [0.29, 0.717) is 18.6 Å². The van der Waals surface area contributed by atoms with Crippen molar-refractivity contribution in [3.63, 3.8) is 0 Å². The standard InChI is InChI=1S/C17H32O7S/c1-4-6-8-10-12-21-16(18)14(3)15(25-24-23-20)17(19)22-13-11-9-7-5-2/h14-15,20H,4-13H2,1-3H3. The summed E-state index contributed by atoms with van der Waals surface area (Å²) >= 11 is 0.534. The van der Waals surface area contributed by atoms with Crippen molar-refractivity contribution >= 4 is 24.0 Å². The normalized spacial score (nSPS) is 13.3. The fourth-order valence-electron chi connectivity index (χ4n) is 2.13. The van der Waals surface area contributed by atoms with E-state index in [4.69, 9.17) is 14.7 Å². The van der Waals surface area contributed by atoms with Crippen LogP contribution in [0, 0.1) is 5.92 Å². The largest absolute Gasteiger partial charge is 0.465 e. The molecule has 0 aromatic heterocycles. The molecule has 0 aromatic carbocycles. The van der Waals surface area contributed by atoms with Gasteiger partial charge in [-0.25, -0.2) is 5.26 Å². The van der Waals surface area contributed by atoms with Gasteiger partial charge in [0.1, 0.15) is 5.25 Å². The van der Waals surface area contributed by atoms with Crippen LogP contribution >= 0.6 is 12.0 Å². The van der Waals surface area contributed by atoms with Crippen LogP contribution in [0.2, 0.25) is 0 Å². The third-order valence-corrected chi connectivity index (χ3v) is 4.66. The van der Waals surface area contributed by atoms with E-state index in [1.165, 1.54) is 0 Å². The average Bonchev–Trinajstić information content (AvgIpc) is 2.61. The molecule has 0 aliphatic heterocycles. The van der Waals surface area contributed by atoms with Gasteiger partial charge in [0.2, 0.25) is 0 Å². The maximum Gasteiger partial charge on any atom is 0.322 e. The van der Waals surface area contributed by atoms with Crippen molar-refractivity contribution in [2.45, 2.75) is 77.4 Å². The van der Waals surface area contributed by atoms with Gasteiger partial charge < -0.3 is 9.47 Å². The van der Waals surface area contributed by atoms with E-state index in [1.807, 2.05) is 0 Å². The molecule has 1 N–H and O–H groups in total. The van der Waals surface area contributed by atoms with E-state index in [1.54, 1.807) is 6.92 Å². The van der Waals surface area contributed by atoms with E-state index in [-0.39, 0.29) is 6.61 Å². The van der Waals surface area contributed by atoms with Crippen LogP contribution in [0.4, 0.5) is 0 Å². The average molecular weight is 381 g/mol. The van der Waals surface area contributed by atoms with Gasteiger partial charge in [0, 0.05) is 0 Å². The van der Waals surface area contributed by atoms with Crippen LogP contribution in [0.3, 0.4) is 0 Å². The Labute approximate surface area is 154 Å². The predicted molar refractivity (Wildman–Crippen MR) is 95.5 cm³/mol. The van der Waals surface area contributed by atoms with Crippen molar-refractivity contribution in [2.24, 2.45) is 5.92 Å². The summed E-state index contributed by atoms with van der Waals surface area (Å²) in [6.07, 6.45) is 7.91.